The third-order valence-electron chi connectivity index (χ3n) is 4.01. The van der Waals surface area contributed by atoms with Crippen LogP contribution in [0.15, 0.2) is 35.0 Å². The first-order valence-electron chi connectivity index (χ1n) is 7.32. The van der Waals surface area contributed by atoms with Crippen LogP contribution in [0.1, 0.15) is 9.75 Å². The van der Waals surface area contributed by atoms with E-state index in [0.29, 0.717) is 0 Å². The van der Waals surface area contributed by atoms with Gasteiger partial charge in [-0.3, -0.25) is 0 Å². The van der Waals surface area contributed by atoms with E-state index in [1.807, 2.05) is 68.0 Å². The molecule has 0 aromatic carbocycles. The van der Waals surface area contributed by atoms with Crippen LogP contribution in [0.2, 0.25) is 0 Å². The molecule has 0 nitrogen and oxygen atoms in total. The molecule has 0 aliphatic rings. The van der Waals surface area contributed by atoms with Crippen molar-refractivity contribution in [2.24, 2.45) is 0 Å². The van der Waals surface area contributed by atoms with Gasteiger partial charge in [-0.1, -0.05) is 0 Å². The molecule has 0 fully saturated rings. The summed E-state index contributed by atoms with van der Waals surface area (Å²) in [6.45, 7) is 0. The minimum Gasteiger partial charge on any atom is -0.141 e. The quantitative estimate of drug-likeness (QED) is 0.264. The Morgan fingerprint density at radius 1 is 0.625 bits per heavy atom. The lowest BCUT2D eigenvalue weighted by molar-refractivity contribution is 2.03. The second-order valence-corrected chi connectivity index (χ2v) is 12.1. The highest BCUT2D eigenvalue weighted by atomic mass is 32.2. The van der Waals surface area contributed by atoms with Gasteiger partial charge in [-0.25, -0.2) is 0 Å². The molecule has 6 heteroatoms. The molecule has 0 unspecified atom stereocenters. The molecule has 0 N–H and O–H groups in total. The van der Waals surface area contributed by atoms with Gasteiger partial charge in [0.15, 0.2) is 0 Å². The van der Waals surface area contributed by atoms with Crippen molar-refractivity contribution < 1.29 is 0 Å². The van der Waals surface area contributed by atoms with Crippen molar-refractivity contribution >= 4 is 118 Å². The largest absolute Gasteiger partial charge is 0.141 e. The molecule has 0 saturated heterocycles. The molecule has 0 spiro atoms. The summed E-state index contributed by atoms with van der Waals surface area (Å²) in [6, 6.07) is 9.16. The summed E-state index contributed by atoms with van der Waals surface area (Å²) < 4.78 is 8.66. The van der Waals surface area contributed by atoms with E-state index in [1.54, 1.807) is 0 Å². The van der Waals surface area contributed by atoms with E-state index in [9.17, 15) is 0 Å². The SMILES string of the molecule is C(=C\c1cc2sc3ccsc3c2s1)/c1cc2c(s1)sc1sccc12. The van der Waals surface area contributed by atoms with Crippen molar-refractivity contribution in [1.82, 2.24) is 0 Å². The molecule has 116 valence electrons. The lowest BCUT2D eigenvalue weighted by Crippen LogP contribution is -1.59. The third-order valence-corrected chi connectivity index (χ3v) is 11.0. The van der Waals surface area contributed by atoms with Gasteiger partial charge in [0, 0.05) is 29.9 Å². The molecule has 0 bridgehead atoms. The molecule has 0 amide bonds. The lowest BCUT2D eigenvalue weighted by atomic mass is 10.3. The molecule has 6 rings (SSSR count). The summed E-state index contributed by atoms with van der Waals surface area (Å²) >= 11 is 11.4. The monoisotopic (exact) mass is 416 g/mol. The summed E-state index contributed by atoms with van der Waals surface area (Å²) in [5, 5.41) is 7.23. The van der Waals surface area contributed by atoms with Crippen LogP contribution in [0, 0.1) is 0 Å². The Balaban J connectivity index is 1.41. The summed E-state index contributed by atoms with van der Waals surface area (Å²) in [7, 11) is 0. The maximum Gasteiger partial charge on any atom is 0.0892 e. The minimum atomic E-state index is 1.35. The highest BCUT2D eigenvalue weighted by molar-refractivity contribution is 7.48. The fourth-order valence-electron chi connectivity index (χ4n) is 2.93. The molecular weight excluding hydrogens is 409 g/mol. The number of rotatable bonds is 2. The maximum atomic E-state index is 2.34. The Bertz CT molecular complexity index is 1250. The van der Waals surface area contributed by atoms with Gasteiger partial charge in [-0.15, -0.1) is 68.0 Å². The van der Waals surface area contributed by atoms with E-state index >= 15 is 0 Å². The van der Waals surface area contributed by atoms with Crippen molar-refractivity contribution in [1.29, 1.82) is 0 Å². The average molecular weight is 417 g/mol. The molecular formula is C18H8S6. The van der Waals surface area contributed by atoms with Crippen LogP contribution in [0.5, 0.6) is 0 Å². The molecule has 6 aromatic rings. The molecule has 6 aromatic heterocycles. The fourth-order valence-corrected chi connectivity index (χ4v) is 10.3. The highest BCUT2D eigenvalue weighted by Crippen LogP contribution is 2.44. The fraction of sp³-hybridized carbons (Fsp3) is 0. The van der Waals surface area contributed by atoms with Gasteiger partial charge in [0.05, 0.1) is 17.4 Å². The van der Waals surface area contributed by atoms with Crippen molar-refractivity contribution in [2.75, 3.05) is 0 Å². The smallest absolute Gasteiger partial charge is 0.0892 e. The highest BCUT2D eigenvalue weighted by Gasteiger charge is 2.11. The van der Waals surface area contributed by atoms with Crippen LogP contribution < -0.4 is 0 Å². The average Bonchev–Trinajstić information content (AvgIpc) is 3.32. The van der Waals surface area contributed by atoms with Gasteiger partial charge in [-0.05, 0) is 47.2 Å². The lowest BCUT2D eigenvalue weighted by Gasteiger charge is -1.84. The summed E-state index contributed by atoms with van der Waals surface area (Å²) in [5.41, 5.74) is 0. The normalized spacial score (nSPS) is 12.8. The van der Waals surface area contributed by atoms with Gasteiger partial charge in [-0.2, -0.15) is 0 Å². The van der Waals surface area contributed by atoms with Gasteiger partial charge in [0.25, 0.3) is 0 Å². The molecule has 0 aliphatic carbocycles. The Morgan fingerprint density at radius 2 is 1.50 bits per heavy atom. The van der Waals surface area contributed by atoms with Crippen molar-refractivity contribution in [2.45, 2.75) is 0 Å². The Hall–Kier alpha value is -1.02. The molecule has 0 radical (unpaired) electrons. The Morgan fingerprint density at radius 3 is 2.46 bits per heavy atom. The maximum absolute atomic E-state index is 2.34. The third kappa shape index (κ3) is 2.05. The predicted molar refractivity (Wildman–Crippen MR) is 119 cm³/mol. The topological polar surface area (TPSA) is 0 Å². The molecule has 6 heterocycles. The number of thiophene rings is 6. The Labute approximate surface area is 161 Å². The van der Waals surface area contributed by atoms with Crippen LogP contribution in [-0.4, -0.2) is 0 Å². The summed E-state index contributed by atoms with van der Waals surface area (Å²) in [5.74, 6) is 0. The molecule has 0 aliphatic heterocycles. The number of hydrogen-bond acceptors (Lipinski definition) is 6. The molecule has 0 saturated carbocycles. The Kier molecular flexibility index (Phi) is 3.09. The van der Waals surface area contributed by atoms with Crippen LogP contribution in [0.4, 0.5) is 0 Å². The van der Waals surface area contributed by atoms with Gasteiger partial charge >= 0.3 is 0 Å². The first-order chi connectivity index (χ1) is 11.8. The summed E-state index contributed by atoms with van der Waals surface area (Å²) in [4.78, 5) is 2.70. The molecule has 24 heavy (non-hydrogen) atoms. The zero-order valence-corrected chi connectivity index (χ0v) is 17.0. The van der Waals surface area contributed by atoms with E-state index < -0.39 is 0 Å². The first kappa shape index (κ1) is 14.2. The predicted octanol–water partition coefficient (Wildman–Crippen LogP) is 8.84. The van der Waals surface area contributed by atoms with Gasteiger partial charge in [0.2, 0.25) is 0 Å². The van der Waals surface area contributed by atoms with Crippen molar-refractivity contribution in [3.63, 3.8) is 0 Å². The van der Waals surface area contributed by atoms with Crippen LogP contribution >= 0.6 is 68.0 Å². The number of fused-ring (bicyclic) bond motifs is 6. The van der Waals surface area contributed by atoms with Crippen molar-refractivity contribution in [3.05, 3.63) is 44.8 Å². The van der Waals surface area contributed by atoms with E-state index in [4.69, 9.17) is 0 Å². The molecule has 0 atom stereocenters. The van der Waals surface area contributed by atoms with Crippen LogP contribution in [-0.2, 0) is 0 Å². The minimum absolute atomic E-state index is 1.35. The van der Waals surface area contributed by atoms with E-state index in [0.717, 1.165) is 0 Å². The standard InChI is InChI=1S/C18H8S6/c1(9-7-12-11-3-5-20-17(11)24-18(12)22-9)2-10-8-14-16(21-10)15-13(23-14)4-6-19-15/h1-8H/b2-1+. The van der Waals surface area contributed by atoms with Crippen molar-refractivity contribution in [3.8, 4) is 0 Å². The second-order valence-electron chi connectivity index (χ2n) is 5.47. The van der Waals surface area contributed by atoms with Gasteiger partial charge < -0.3 is 0 Å². The van der Waals surface area contributed by atoms with E-state index in [2.05, 4.69) is 47.2 Å². The zero-order valence-electron chi connectivity index (χ0n) is 12.1. The van der Waals surface area contributed by atoms with Gasteiger partial charge in [0.1, 0.15) is 0 Å². The first-order valence-corrected chi connectivity index (χ1v) is 12.3. The summed E-state index contributed by atoms with van der Waals surface area (Å²) in [6.07, 6.45) is 4.55. The van der Waals surface area contributed by atoms with Crippen LogP contribution in [0.3, 0.4) is 0 Å². The number of hydrogen-bond donors (Lipinski definition) is 0. The second kappa shape index (κ2) is 5.24. The van der Waals surface area contributed by atoms with E-state index in [-0.39, 0.29) is 0 Å². The van der Waals surface area contributed by atoms with Crippen LogP contribution in [0.25, 0.3) is 49.8 Å². The van der Waals surface area contributed by atoms with E-state index in [1.165, 1.54) is 47.4 Å². The zero-order chi connectivity index (χ0) is 15.7.